The van der Waals surface area contributed by atoms with Crippen LogP contribution in [0.5, 0.6) is 5.75 Å². The zero-order chi connectivity index (χ0) is 15.2. The molecule has 21 heavy (non-hydrogen) atoms. The van der Waals surface area contributed by atoms with Gasteiger partial charge in [0.15, 0.2) is 0 Å². The summed E-state index contributed by atoms with van der Waals surface area (Å²) in [7, 11) is 0. The molecule has 0 saturated heterocycles. The van der Waals surface area contributed by atoms with Gasteiger partial charge in [0.2, 0.25) is 0 Å². The molecular formula is C14H15ClN4O2. The monoisotopic (exact) mass is 306 g/mol. The molecule has 110 valence electrons. The number of nitrogens with two attached hydrogens (primary N) is 1. The van der Waals surface area contributed by atoms with E-state index < -0.39 is 5.91 Å². The third-order valence-corrected chi connectivity index (χ3v) is 2.94. The van der Waals surface area contributed by atoms with Gasteiger partial charge in [-0.15, -0.1) is 0 Å². The number of anilines is 2. The third kappa shape index (κ3) is 3.84. The van der Waals surface area contributed by atoms with Gasteiger partial charge >= 0.3 is 0 Å². The van der Waals surface area contributed by atoms with Gasteiger partial charge in [-0.1, -0.05) is 11.6 Å². The van der Waals surface area contributed by atoms with Crippen molar-refractivity contribution in [3.05, 3.63) is 47.1 Å². The second-order valence-electron chi connectivity index (χ2n) is 4.08. The lowest BCUT2D eigenvalue weighted by Crippen LogP contribution is -2.16. The second-order valence-corrected chi connectivity index (χ2v) is 4.49. The van der Waals surface area contributed by atoms with E-state index in [1.54, 1.807) is 36.4 Å². The number of rotatable bonds is 5. The lowest BCUT2D eigenvalue weighted by molar-refractivity contribution is 0.102. The van der Waals surface area contributed by atoms with E-state index in [9.17, 15) is 4.79 Å². The van der Waals surface area contributed by atoms with E-state index in [1.807, 2.05) is 6.92 Å². The Morgan fingerprint density at radius 1 is 1.29 bits per heavy atom. The molecule has 6 nitrogen and oxygen atoms in total. The van der Waals surface area contributed by atoms with Crippen molar-refractivity contribution >= 4 is 29.0 Å². The van der Waals surface area contributed by atoms with Crippen molar-refractivity contribution in [2.75, 3.05) is 17.3 Å². The molecule has 1 heterocycles. The van der Waals surface area contributed by atoms with Gasteiger partial charge in [-0.3, -0.25) is 4.79 Å². The van der Waals surface area contributed by atoms with E-state index in [1.165, 1.54) is 0 Å². The Kier molecular flexibility index (Phi) is 4.97. The predicted octanol–water partition coefficient (Wildman–Crippen LogP) is 2.67. The summed E-state index contributed by atoms with van der Waals surface area (Å²) in [5, 5.41) is 2.96. The second kappa shape index (κ2) is 6.92. The number of carbonyl (C=O) groups excluding carboxylic acids is 1. The molecule has 2 aromatic rings. The number of halogens is 1. The smallest absolute Gasteiger partial charge is 0.275 e. The molecular weight excluding hydrogens is 292 g/mol. The summed E-state index contributed by atoms with van der Waals surface area (Å²) in [5.41, 5.74) is 3.08. The Morgan fingerprint density at radius 3 is 2.62 bits per heavy atom. The molecule has 0 aliphatic rings. The Balaban J connectivity index is 2.14. The van der Waals surface area contributed by atoms with Crippen molar-refractivity contribution in [3.63, 3.8) is 0 Å². The summed E-state index contributed by atoms with van der Waals surface area (Å²) in [6.07, 6.45) is 0. The highest BCUT2D eigenvalue weighted by Crippen LogP contribution is 2.19. The van der Waals surface area contributed by atoms with Crippen LogP contribution in [0.25, 0.3) is 0 Å². The van der Waals surface area contributed by atoms with Crippen LogP contribution >= 0.6 is 11.6 Å². The number of ether oxygens (including phenoxy) is 1. The van der Waals surface area contributed by atoms with Crippen molar-refractivity contribution < 1.29 is 9.53 Å². The zero-order valence-electron chi connectivity index (χ0n) is 11.4. The standard InChI is InChI=1S/C14H15ClN4O2/c1-2-21-10-5-3-9(4-6-10)17-14(20)13-11(15)7-8-12(18-13)19-16/h3-8H,2,16H2,1H3,(H,17,20)(H,18,19). The van der Waals surface area contributed by atoms with Crippen molar-refractivity contribution in [3.8, 4) is 5.75 Å². The van der Waals surface area contributed by atoms with Crippen LogP contribution in [0, 0.1) is 0 Å². The summed E-state index contributed by atoms with van der Waals surface area (Å²) in [6.45, 7) is 2.49. The summed E-state index contributed by atoms with van der Waals surface area (Å²) in [4.78, 5) is 16.2. The Morgan fingerprint density at radius 2 is 2.00 bits per heavy atom. The number of hydrogen-bond acceptors (Lipinski definition) is 5. The SMILES string of the molecule is CCOc1ccc(NC(=O)c2nc(NN)ccc2Cl)cc1. The predicted molar refractivity (Wildman–Crippen MR) is 82.6 cm³/mol. The number of benzene rings is 1. The molecule has 1 aromatic carbocycles. The highest BCUT2D eigenvalue weighted by atomic mass is 35.5. The zero-order valence-corrected chi connectivity index (χ0v) is 12.1. The van der Waals surface area contributed by atoms with E-state index in [0.717, 1.165) is 5.75 Å². The molecule has 0 atom stereocenters. The van der Waals surface area contributed by atoms with Crippen LogP contribution in [0.1, 0.15) is 17.4 Å². The highest BCUT2D eigenvalue weighted by molar-refractivity contribution is 6.34. The average Bonchev–Trinajstić information content (AvgIpc) is 2.50. The van der Waals surface area contributed by atoms with Crippen molar-refractivity contribution in [1.29, 1.82) is 0 Å². The largest absolute Gasteiger partial charge is 0.494 e. The maximum atomic E-state index is 12.2. The minimum absolute atomic E-state index is 0.0981. The molecule has 2 rings (SSSR count). The number of nitrogen functional groups attached to an aromatic ring is 1. The first kappa shape index (κ1) is 15.1. The first-order valence-corrected chi connectivity index (χ1v) is 6.69. The number of pyridine rings is 1. The fourth-order valence-corrected chi connectivity index (χ4v) is 1.86. The topological polar surface area (TPSA) is 89.3 Å². The van der Waals surface area contributed by atoms with E-state index in [0.29, 0.717) is 18.1 Å². The molecule has 7 heteroatoms. The van der Waals surface area contributed by atoms with Crippen LogP contribution in [0.4, 0.5) is 11.5 Å². The maximum Gasteiger partial charge on any atom is 0.275 e. The van der Waals surface area contributed by atoms with E-state index in [4.69, 9.17) is 22.2 Å². The molecule has 0 unspecified atom stereocenters. The third-order valence-electron chi connectivity index (χ3n) is 2.63. The number of hydrazine groups is 1. The van der Waals surface area contributed by atoms with Gasteiger partial charge < -0.3 is 15.5 Å². The van der Waals surface area contributed by atoms with Gasteiger partial charge in [0.25, 0.3) is 5.91 Å². The first-order valence-electron chi connectivity index (χ1n) is 6.31. The first-order chi connectivity index (χ1) is 10.1. The molecule has 1 amide bonds. The summed E-state index contributed by atoms with van der Waals surface area (Å²) >= 11 is 5.97. The number of nitrogens with zero attached hydrogens (tertiary/aromatic N) is 1. The van der Waals surface area contributed by atoms with Crippen molar-refractivity contribution in [2.24, 2.45) is 5.84 Å². The van der Waals surface area contributed by atoms with Gasteiger partial charge in [0, 0.05) is 5.69 Å². The fraction of sp³-hybridized carbons (Fsp3) is 0.143. The molecule has 0 radical (unpaired) electrons. The number of amides is 1. The average molecular weight is 307 g/mol. The molecule has 0 fully saturated rings. The minimum atomic E-state index is -0.416. The van der Waals surface area contributed by atoms with Crippen LogP contribution in [0.3, 0.4) is 0 Å². The van der Waals surface area contributed by atoms with Crippen LogP contribution < -0.4 is 21.3 Å². The van der Waals surface area contributed by atoms with Crippen molar-refractivity contribution in [2.45, 2.75) is 6.92 Å². The molecule has 1 aromatic heterocycles. The summed E-state index contributed by atoms with van der Waals surface area (Å²) < 4.78 is 5.33. The molecule has 0 saturated carbocycles. The van der Waals surface area contributed by atoms with Crippen LogP contribution in [-0.4, -0.2) is 17.5 Å². The van der Waals surface area contributed by atoms with Crippen LogP contribution in [0.15, 0.2) is 36.4 Å². The maximum absolute atomic E-state index is 12.2. The van der Waals surface area contributed by atoms with Crippen LogP contribution in [0.2, 0.25) is 5.02 Å². The van der Waals surface area contributed by atoms with Gasteiger partial charge in [-0.25, -0.2) is 10.8 Å². The minimum Gasteiger partial charge on any atom is -0.494 e. The molecule has 4 N–H and O–H groups in total. The number of nitrogens with one attached hydrogen (secondary N) is 2. The summed E-state index contributed by atoms with van der Waals surface area (Å²) in [5.74, 6) is 5.94. The molecule has 0 bridgehead atoms. The Bertz CT molecular complexity index is 631. The van der Waals surface area contributed by atoms with Gasteiger partial charge in [-0.2, -0.15) is 0 Å². The molecule has 0 aliphatic heterocycles. The highest BCUT2D eigenvalue weighted by Gasteiger charge is 2.13. The van der Waals surface area contributed by atoms with Gasteiger partial charge in [0.1, 0.15) is 17.3 Å². The van der Waals surface area contributed by atoms with Crippen LogP contribution in [-0.2, 0) is 0 Å². The molecule has 0 aliphatic carbocycles. The number of carbonyl (C=O) groups is 1. The van der Waals surface area contributed by atoms with Gasteiger partial charge in [-0.05, 0) is 43.3 Å². The van der Waals surface area contributed by atoms with Gasteiger partial charge in [0.05, 0.1) is 11.6 Å². The summed E-state index contributed by atoms with van der Waals surface area (Å²) in [6, 6.07) is 10.1. The Hall–Kier alpha value is -2.31. The lowest BCUT2D eigenvalue weighted by atomic mass is 10.2. The quantitative estimate of drug-likeness (QED) is 0.584. The van der Waals surface area contributed by atoms with E-state index in [-0.39, 0.29) is 10.7 Å². The number of hydrogen-bond donors (Lipinski definition) is 3. The van der Waals surface area contributed by atoms with E-state index in [2.05, 4.69) is 15.7 Å². The number of aromatic nitrogens is 1. The van der Waals surface area contributed by atoms with E-state index >= 15 is 0 Å². The van der Waals surface area contributed by atoms with Crippen molar-refractivity contribution in [1.82, 2.24) is 4.98 Å². The normalized spacial score (nSPS) is 10.0. The molecule has 0 spiro atoms. The Labute approximate surface area is 127 Å². The fourth-order valence-electron chi connectivity index (χ4n) is 1.67. The lowest BCUT2D eigenvalue weighted by Gasteiger charge is -2.08.